The zero-order valence-corrected chi connectivity index (χ0v) is 15.9. The SMILES string of the molecule is COc1cc([C@@H]2c3cc(O)c(O)cc3C[C@H]3COC(=O)[C@H]32)cc(OC)c1OC. The van der Waals surface area contributed by atoms with E-state index in [1.807, 2.05) is 12.1 Å². The highest BCUT2D eigenvalue weighted by atomic mass is 16.5. The van der Waals surface area contributed by atoms with Crippen molar-refractivity contribution in [1.82, 2.24) is 0 Å². The lowest BCUT2D eigenvalue weighted by Gasteiger charge is -2.34. The highest BCUT2D eigenvalue weighted by Crippen LogP contribution is 2.51. The molecule has 7 heteroatoms. The number of benzene rings is 2. The Morgan fingerprint density at radius 3 is 2.21 bits per heavy atom. The van der Waals surface area contributed by atoms with Crippen molar-refractivity contribution in [3.8, 4) is 28.7 Å². The average molecular weight is 386 g/mol. The molecule has 148 valence electrons. The predicted molar refractivity (Wildman–Crippen MR) is 99.4 cm³/mol. The summed E-state index contributed by atoms with van der Waals surface area (Å²) < 4.78 is 21.7. The number of esters is 1. The van der Waals surface area contributed by atoms with Gasteiger partial charge in [-0.1, -0.05) is 0 Å². The number of methoxy groups -OCH3 is 3. The Kier molecular flexibility index (Phi) is 4.45. The lowest BCUT2D eigenvalue weighted by Crippen LogP contribution is -2.31. The number of rotatable bonds is 4. The summed E-state index contributed by atoms with van der Waals surface area (Å²) in [6.45, 7) is 0.339. The van der Waals surface area contributed by atoms with Crippen LogP contribution in [0.15, 0.2) is 24.3 Å². The van der Waals surface area contributed by atoms with Crippen LogP contribution in [0, 0.1) is 11.8 Å². The van der Waals surface area contributed by atoms with Crippen LogP contribution in [0.1, 0.15) is 22.6 Å². The number of aromatic hydroxyl groups is 2. The molecule has 2 aromatic rings. The third-order valence-corrected chi connectivity index (χ3v) is 5.68. The first-order valence-corrected chi connectivity index (χ1v) is 8.99. The molecule has 1 aliphatic heterocycles. The highest BCUT2D eigenvalue weighted by molar-refractivity contribution is 5.78. The van der Waals surface area contributed by atoms with Gasteiger partial charge in [0, 0.05) is 11.8 Å². The number of fused-ring (bicyclic) bond motifs is 2. The number of ether oxygens (including phenoxy) is 4. The fourth-order valence-corrected chi connectivity index (χ4v) is 4.42. The molecular weight excluding hydrogens is 364 g/mol. The molecule has 4 rings (SSSR count). The minimum absolute atomic E-state index is 0.00645. The Morgan fingerprint density at radius 1 is 0.964 bits per heavy atom. The Balaban J connectivity index is 1.94. The maximum atomic E-state index is 12.6. The van der Waals surface area contributed by atoms with E-state index in [2.05, 4.69) is 0 Å². The summed E-state index contributed by atoms with van der Waals surface area (Å²) in [5, 5.41) is 20.0. The van der Waals surface area contributed by atoms with Crippen LogP contribution in [0.3, 0.4) is 0 Å². The summed E-state index contributed by atoms with van der Waals surface area (Å²) in [4.78, 5) is 12.6. The topological polar surface area (TPSA) is 94.5 Å². The third kappa shape index (κ3) is 2.69. The number of phenolic OH excluding ortho intramolecular Hbond substituents is 2. The summed E-state index contributed by atoms with van der Waals surface area (Å²) in [6.07, 6.45) is 0.598. The van der Waals surface area contributed by atoms with Gasteiger partial charge in [0.05, 0.1) is 33.9 Å². The van der Waals surface area contributed by atoms with Crippen LogP contribution in [0.2, 0.25) is 0 Å². The van der Waals surface area contributed by atoms with E-state index in [-0.39, 0.29) is 35.2 Å². The maximum absolute atomic E-state index is 12.6. The Morgan fingerprint density at radius 2 is 1.61 bits per heavy atom. The van der Waals surface area contributed by atoms with Crippen LogP contribution < -0.4 is 14.2 Å². The van der Waals surface area contributed by atoms with Gasteiger partial charge < -0.3 is 29.2 Å². The molecule has 2 aliphatic rings. The fraction of sp³-hybridized carbons (Fsp3) is 0.381. The molecule has 28 heavy (non-hydrogen) atoms. The van der Waals surface area contributed by atoms with Crippen molar-refractivity contribution in [2.45, 2.75) is 12.3 Å². The van der Waals surface area contributed by atoms with Gasteiger partial charge >= 0.3 is 5.97 Å². The number of carbonyl (C=O) groups excluding carboxylic acids is 1. The Labute approximate surface area is 162 Å². The Bertz CT molecular complexity index is 912. The second-order valence-corrected chi connectivity index (χ2v) is 7.10. The first kappa shape index (κ1) is 18.3. The second kappa shape index (κ2) is 6.82. The monoisotopic (exact) mass is 386 g/mol. The molecule has 1 heterocycles. The molecule has 0 radical (unpaired) electrons. The number of hydrogen-bond donors (Lipinski definition) is 2. The fourth-order valence-electron chi connectivity index (χ4n) is 4.42. The number of hydrogen-bond acceptors (Lipinski definition) is 7. The van der Waals surface area contributed by atoms with Crippen molar-refractivity contribution in [2.75, 3.05) is 27.9 Å². The lowest BCUT2D eigenvalue weighted by molar-refractivity contribution is -0.141. The van der Waals surface area contributed by atoms with E-state index in [1.165, 1.54) is 27.4 Å². The number of cyclic esters (lactones) is 1. The van der Waals surface area contributed by atoms with E-state index in [9.17, 15) is 15.0 Å². The van der Waals surface area contributed by atoms with Gasteiger partial charge in [0.25, 0.3) is 0 Å². The standard InChI is InChI=1S/C21H22O7/c1-25-16-6-11(7-17(26-2)20(16)27-3)18-13-8-15(23)14(22)5-10(13)4-12-9-28-21(24)19(12)18/h5-8,12,18-19,22-23H,4,9H2,1-3H3/t12-,18+,19+/m0/s1. The summed E-state index contributed by atoms with van der Waals surface area (Å²) in [5.41, 5.74) is 2.45. The molecule has 1 aliphatic carbocycles. The Hall–Kier alpha value is -3.09. The summed E-state index contributed by atoms with van der Waals surface area (Å²) in [6, 6.07) is 6.72. The molecule has 1 saturated heterocycles. The van der Waals surface area contributed by atoms with Gasteiger partial charge in [-0.25, -0.2) is 0 Å². The largest absolute Gasteiger partial charge is 0.504 e. The van der Waals surface area contributed by atoms with Crippen molar-refractivity contribution in [3.05, 3.63) is 41.0 Å². The van der Waals surface area contributed by atoms with Gasteiger partial charge in [0.2, 0.25) is 5.75 Å². The lowest BCUT2D eigenvalue weighted by atomic mass is 9.67. The van der Waals surface area contributed by atoms with Gasteiger partial charge in [-0.15, -0.1) is 0 Å². The van der Waals surface area contributed by atoms with Crippen LogP contribution in [-0.4, -0.2) is 44.1 Å². The molecular formula is C21H22O7. The van der Waals surface area contributed by atoms with E-state index in [1.54, 1.807) is 6.07 Å². The van der Waals surface area contributed by atoms with Gasteiger partial charge in [0.15, 0.2) is 23.0 Å². The van der Waals surface area contributed by atoms with Crippen molar-refractivity contribution in [3.63, 3.8) is 0 Å². The molecule has 0 amide bonds. The number of carbonyl (C=O) groups is 1. The van der Waals surface area contributed by atoms with E-state index >= 15 is 0 Å². The van der Waals surface area contributed by atoms with Gasteiger partial charge in [-0.3, -0.25) is 4.79 Å². The minimum Gasteiger partial charge on any atom is -0.504 e. The first-order valence-electron chi connectivity index (χ1n) is 8.99. The molecule has 0 bridgehead atoms. The van der Waals surface area contributed by atoms with Crippen LogP contribution in [0.5, 0.6) is 28.7 Å². The minimum atomic E-state index is -0.390. The van der Waals surface area contributed by atoms with E-state index in [0.717, 1.165) is 16.7 Å². The maximum Gasteiger partial charge on any atom is 0.310 e. The summed E-state index contributed by atoms with van der Waals surface area (Å²) >= 11 is 0. The molecule has 3 atom stereocenters. The third-order valence-electron chi connectivity index (χ3n) is 5.68. The summed E-state index contributed by atoms with van der Waals surface area (Å²) in [7, 11) is 4.60. The average Bonchev–Trinajstić information content (AvgIpc) is 3.06. The summed E-state index contributed by atoms with van der Waals surface area (Å²) in [5.74, 6) is -0.000965. The van der Waals surface area contributed by atoms with Crippen molar-refractivity contribution >= 4 is 5.97 Å². The van der Waals surface area contributed by atoms with Crippen LogP contribution in [-0.2, 0) is 16.0 Å². The van der Waals surface area contributed by atoms with Crippen molar-refractivity contribution < 1.29 is 34.0 Å². The normalized spacial score (nSPS) is 22.8. The van der Waals surface area contributed by atoms with E-state index in [4.69, 9.17) is 18.9 Å². The van der Waals surface area contributed by atoms with Crippen molar-refractivity contribution in [2.24, 2.45) is 11.8 Å². The van der Waals surface area contributed by atoms with E-state index < -0.39 is 0 Å². The molecule has 0 spiro atoms. The van der Waals surface area contributed by atoms with E-state index in [0.29, 0.717) is 30.3 Å². The molecule has 0 aromatic heterocycles. The highest BCUT2D eigenvalue weighted by Gasteiger charge is 2.48. The predicted octanol–water partition coefficient (Wildman–Crippen LogP) is 2.60. The van der Waals surface area contributed by atoms with Crippen LogP contribution in [0.25, 0.3) is 0 Å². The van der Waals surface area contributed by atoms with Gasteiger partial charge in [-0.2, -0.15) is 0 Å². The van der Waals surface area contributed by atoms with Crippen molar-refractivity contribution in [1.29, 1.82) is 0 Å². The molecule has 1 fully saturated rings. The van der Waals surface area contributed by atoms with Gasteiger partial charge in [0.1, 0.15) is 0 Å². The van der Waals surface area contributed by atoms with Crippen LogP contribution in [0.4, 0.5) is 0 Å². The molecule has 7 nitrogen and oxygen atoms in total. The molecule has 2 N–H and O–H groups in total. The van der Waals surface area contributed by atoms with Crippen LogP contribution >= 0.6 is 0 Å². The quantitative estimate of drug-likeness (QED) is 0.616. The molecule has 2 aromatic carbocycles. The zero-order chi connectivity index (χ0) is 20.0. The second-order valence-electron chi connectivity index (χ2n) is 7.10. The number of phenols is 2. The zero-order valence-electron chi connectivity index (χ0n) is 15.9. The first-order chi connectivity index (χ1) is 13.5. The smallest absolute Gasteiger partial charge is 0.310 e. The molecule has 0 unspecified atom stereocenters. The van der Waals surface area contributed by atoms with Gasteiger partial charge in [-0.05, 0) is 47.4 Å². The molecule has 0 saturated carbocycles.